The molecule has 2 rings (SSSR count). The number of nitrogens with zero attached hydrogens (tertiary/aromatic N) is 3. The first kappa shape index (κ1) is 19.4. The summed E-state index contributed by atoms with van der Waals surface area (Å²) in [7, 11) is 0. The molecule has 27 heavy (non-hydrogen) atoms. The summed E-state index contributed by atoms with van der Waals surface area (Å²) in [6.07, 6.45) is 0. The van der Waals surface area contributed by atoms with Gasteiger partial charge in [0.05, 0.1) is 17.7 Å². The van der Waals surface area contributed by atoms with Gasteiger partial charge in [-0.1, -0.05) is 30.3 Å². The van der Waals surface area contributed by atoms with Crippen LogP contribution in [0.25, 0.3) is 0 Å². The van der Waals surface area contributed by atoms with E-state index in [1.807, 2.05) is 6.07 Å². The molecular weight excluding hydrogens is 348 g/mol. The zero-order chi connectivity index (χ0) is 20.2. The highest BCUT2D eigenvalue weighted by Crippen LogP contribution is 2.40. The zero-order valence-corrected chi connectivity index (χ0v) is 14.6. The van der Waals surface area contributed by atoms with Crippen molar-refractivity contribution in [2.24, 2.45) is 11.7 Å². The van der Waals surface area contributed by atoms with Crippen LogP contribution in [0.3, 0.4) is 0 Å². The van der Waals surface area contributed by atoms with E-state index in [2.05, 4.69) is 0 Å². The lowest BCUT2D eigenvalue weighted by Crippen LogP contribution is -2.39. The Morgan fingerprint density at radius 1 is 1.15 bits per heavy atom. The van der Waals surface area contributed by atoms with Crippen molar-refractivity contribution in [2.75, 3.05) is 0 Å². The maximum absolute atomic E-state index is 12.6. The second-order valence-electron chi connectivity index (χ2n) is 6.16. The molecule has 136 valence electrons. The molecule has 1 aromatic rings. The predicted octanol–water partition coefficient (Wildman–Crippen LogP) is 2.25. The Hall–Kier alpha value is -3.96. The largest absolute Gasteiger partial charge is 0.480 e. The average Bonchev–Trinajstić information content (AvgIpc) is 2.61. The van der Waals surface area contributed by atoms with Crippen molar-refractivity contribution in [3.63, 3.8) is 0 Å². The van der Waals surface area contributed by atoms with Crippen molar-refractivity contribution in [3.8, 4) is 18.2 Å². The van der Waals surface area contributed by atoms with Crippen molar-refractivity contribution in [1.29, 1.82) is 15.8 Å². The van der Waals surface area contributed by atoms with Gasteiger partial charge >= 0.3 is 5.97 Å². The van der Waals surface area contributed by atoms with Crippen LogP contribution in [-0.4, -0.2) is 16.9 Å². The summed E-state index contributed by atoms with van der Waals surface area (Å²) < 4.78 is 10.4. The molecule has 1 aromatic carbocycles. The molecule has 0 saturated carbocycles. The van der Waals surface area contributed by atoms with Crippen LogP contribution in [0.4, 0.5) is 0 Å². The number of benzene rings is 1. The van der Waals surface area contributed by atoms with Gasteiger partial charge in [0.2, 0.25) is 0 Å². The van der Waals surface area contributed by atoms with Crippen LogP contribution in [0.5, 0.6) is 0 Å². The molecule has 0 fully saturated rings. The predicted molar refractivity (Wildman–Crippen MR) is 91.6 cm³/mol. The average molecular weight is 364 g/mol. The number of nitriles is 3. The third-order valence-corrected chi connectivity index (χ3v) is 3.92. The molecule has 0 unspecified atom stereocenters. The molecule has 1 aliphatic rings. The topological polar surface area (TPSA) is 153 Å². The van der Waals surface area contributed by atoms with Crippen molar-refractivity contribution in [1.82, 2.24) is 0 Å². The van der Waals surface area contributed by atoms with E-state index >= 15 is 0 Å². The van der Waals surface area contributed by atoms with Gasteiger partial charge in [0.1, 0.15) is 23.3 Å². The Balaban J connectivity index is 2.73. The number of hydrogen-bond acceptors (Lipinski definition) is 8. The lowest BCUT2D eigenvalue weighted by Gasteiger charge is -2.34. The van der Waals surface area contributed by atoms with Crippen LogP contribution in [-0.2, 0) is 14.3 Å². The highest BCUT2D eigenvalue weighted by atomic mass is 16.8. The van der Waals surface area contributed by atoms with Gasteiger partial charge in [-0.05, 0) is 5.56 Å². The van der Waals surface area contributed by atoms with Crippen LogP contribution in [0.1, 0.15) is 25.3 Å². The minimum Gasteiger partial charge on any atom is -0.480 e. The summed E-state index contributed by atoms with van der Waals surface area (Å²) in [5, 5.41) is 38.2. The second-order valence-corrected chi connectivity index (χ2v) is 6.16. The third-order valence-electron chi connectivity index (χ3n) is 3.92. The molecule has 1 heterocycles. The van der Waals surface area contributed by atoms with Crippen LogP contribution < -0.4 is 5.73 Å². The van der Waals surface area contributed by atoms with Crippen LogP contribution in [0.2, 0.25) is 0 Å². The lowest BCUT2D eigenvalue weighted by molar-refractivity contribution is -0.222. The highest BCUT2D eigenvalue weighted by Gasteiger charge is 2.44. The highest BCUT2D eigenvalue weighted by molar-refractivity contribution is 5.91. The number of ether oxygens (including phenoxy) is 2. The summed E-state index contributed by atoms with van der Waals surface area (Å²) in [6.45, 7) is 2.88. The number of rotatable bonds is 4. The molecule has 0 amide bonds. The molecule has 0 bridgehead atoms. The fourth-order valence-electron chi connectivity index (χ4n) is 2.75. The van der Waals surface area contributed by atoms with Crippen LogP contribution in [0.15, 0.2) is 53.1 Å². The standard InChI is InChI=1S/C19H16N4O4/c1-19(2)26-17(24)15(18(25)27-19)14(11-6-4-3-5-7-11)13(10-22)16(23)12(8-20)9-21/h3-7,13-14,24H,23H2,1-2H3/t13-,14+/m0/s1. The number of hydrogen-bond donors (Lipinski definition) is 2. The number of nitrogens with two attached hydrogens (primary N) is 1. The molecule has 8 nitrogen and oxygen atoms in total. The fourth-order valence-corrected chi connectivity index (χ4v) is 2.75. The molecule has 0 spiro atoms. The van der Waals surface area contributed by atoms with E-state index in [0.29, 0.717) is 5.56 Å². The number of esters is 1. The van der Waals surface area contributed by atoms with Gasteiger partial charge in [-0.25, -0.2) is 4.79 Å². The summed E-state index contributed by atoms with van der Waals surface area (Å²) in [6, 6.07) is 13.5. The molecular formula is C19H16N4O4. The zero-order valence-electron chi connectivity index (χ0n) is 14.6. The smallest absolute Gasteiger partial charge is 0.345 e. The van der Waals surface area contributed by atoms with Gasteiger partial charge in [-0.2, -0.15) is 15.8 Å². The maximum Gasteiger partial charge on any atom is 0.345 e. The summed E-state index contributed by atoms with van der Waals surface area (Å²) >= 11 is 0. The fraction of sp³-hybridized carbons (Fsp3) is 0.263. The SMILES string of the molecule is CC1(C)OC(=O)C([C@H](c2ccccc2)[C@H](C#N)C(N)=C(C#N)C#N)=C(O)O1. The summed E-state index contributed by atoms with van der Waals surface area (Å²) in [5.74, 6) is -5.39. The minimum atomic E-state index is -1.39. The van der Waals surface area contributed by atoms with Gasteiger partial charge < -0.3 is 20.3 Å². The Labute approximate surface area is 155 Å². The molecule has 1 aliphatic heterocycles. The molecule has 0 radical (unpaired) electrons. The van der Waals surface area contributed by atoms with Crippen molar-refractivity contribution in [3.05, 3.63) is 58.7 Å². The monoisotopic (exact) mass is 364 g/mol. The van der Waals surface area contributed by atoms with Gasteiger partial charge in [0.15, 0.2) is 0 Å². The first-order chi connectivity index (χ1) is 12.8. The van der Waals surface area contributed by atoms with Gasteiger partial charge in [-0.15, -0.1) is 0 Å². The molecule has 8 heteroatoms. The normalized spacial score (nSPS) is 17.2. The van der Waals surface area contributed by atoms with Gasteiger partial charge in [0, 0.05) is 19.8 Å². The van der Waals surface area contributed by atoms with Crippen LogP contribution in [0, 0.1) is 39.9 Å². The Morgan fingerprint density at radius 2 is 1.74 bits per heavy atom. The van der Waals surface area contributed by atoms with Gasteiger partial charge in [0.25, 0.3) is 11.7 Å². The van der Waals surface area contributed by atoms with E-state index in [-0.39, 0.29) is 11.3 Å². The number of carbonyl (C=O) groups is 1. The van der Waals surface area contributed by atoms with E-state index in [1.54, 1.807) is 42.5 Å². The van der Waals surface area contributed by atoms with Crippen molar-refractivity contribution in [2.45, 2.75) is 25.6 Å². The Bertz CT molecular complexity index is 927. The number of carbonyl (C=O) groups excluding carboxylic acids is 1. The van der Waals surface area contributed by atoms with Crippen LogP contribution >= 0.6 is 0 Å². The number of aliphatic hydroxyl groups excluding tert-OH is 1. The van der Waals surface area contributed by atoms with E-state index in [9.17, 15) is 15.2 Å². The van der Waals surface area contributed by atoms with E-state index in [0.717, 1.165) is 0 Å². The van der Waals surface area contributed by atoms with E-state index in [1.165, 1.54) is 13.8 Å². The van der Waals surface area contributed by atoms with E-state index < -0.39 is 35.1 Å². The summed E-state index contributed by atoms with van der Waals surface area (Å²) in [4.78, 5) is 12.6. The number of cyclic esters (lactones) is 1. The first-order valence-electron chi connectivity index (χ1n) is 7.85. The second kappa shape index (κ2) is 7.51. The third kappa shape index (κ3) is 3.84. The van der Waals surface area contributed by atoms with Crippen molar-refractivity contribution >= 4 is 5.97 Å². The number of allylic oxidation sites excluding steroid dienone is 2. The Kier molecular flexibility index (Phi) is 5.39. The molecule has 0 aliphatic carbocycles. The minimum absolute atomic E-state index is 0.311. The van der Waals surface area contributed by atoms with Gasteiger partial charge in [-0.3, -0.25) is 0 Å². The molecule has 3 N–H and O–H groups in total. The Morgan fingerprint density at radius 3 is 2.22 bits per heavy atom. The molecule has 0 saturated heterocycles. The molecule has 0 aromatic heterocycles. The van der Waals surface area contributed by atoms with E-state index in [4.69, 9.17) is 25.7 Å². The first-order valence-corrected chi connectivity index (χ1v) is 7.85. The lowest BCUT2D eigenvalue weighted by atomic mass is 9.78. The maximum atomic E-state index is 12.6. The quantitative estimate of drug-likeness (QED) is 0.609. The van der Waals surface area contributed by atoms with Crippen molar-refractivity contribution < 1.29 is 19.4 Å². The summed E-state index contributed by atoms with van der Waals surface area (Å²) in [5.41, 5.74) is 5.27. The number of aliphatic hydroxyl groups is 1. The molecule has 2 atom stereocenters.